The van der Waals surface area contributed by atoms with E-state index in [0.29, 0.717) is 0 Å². The maximum atomic E-state index is 9.31. The molecule has 0 radical (unpaired) electrons. The molecule has 1 heterocycles. The van der Waals surface area contributed by atoms with E-state index in [1.54, 1.807) is 0 Å². The van der Waals surface area contributed by atoms with E-state index in [9.17, 15) is 5.11 Å². The highest BCUT2D eigenvalue weighted by molar-refractivity contribution is 5.35. The summed E-state index contributed by atoms with van der Waals surface area (Å²) in [7, 11) is 0. The van der Waals surface area contributed by atoms with E-state index < -0.39 is 0 Å². The first-order chi connectivity index (χ1) is 7.24. The quantitative estimate of drug-likeness (QED) is 0.711. The molecule has 1 aliphatic rings. The molecule has 1 aromatic carbocycles. The standard InChI is InChI=1S/C13H20NO.BrH/c1-3-14(4-2)8-11-6-5-7-12(10-15)13(11)9-14;/h5-7,15H,3-4,8-10H2,1-2H3;1H/q+1;/p-1. The number of quaternary nitrogens is 1. The maximum absolute atomic E-state index is 9.31. The molecular weight excluding hydrogens is 266 g/mol. The fourth-order valence-electron chi connectivity index (χ4n) is 2.61. The smallest absolute Gasteiger partial charge is 0.105 e. The molecule has 0 amide bonds. The van der Waals surface area contributed by atoms with Crippen molar-refractivity contribution in [3.05, 3.63) is 34.9 Å². The van der Waals surface area contributed by atoms with Gasteiger partial charge in [0.25, 0.3) is 0 Å². The van der Waals surface area contributed by atoms with Crippen molar-refractivity contribution in [3.63, 3.8) is 0 Å². The van der Waals surface area contributed by atoms with E-state index in [1.807, 2.05) is 6.07 Å². The van der Waals surface area contributed by atoms with Crippen molar-refractivity contribution in [1.29, 1.82) is 0 Å². The van der Waals surface area contributed by atoms with Crippen LogP contribution in [0.25, 0.3) is 0 Å². The van der Waals surface area contributed by atoms with Gasteiger partial charge < -0.3 is 26.6 Å². The van der Waals surface area contributed by atoms with Gasteiger partial charge in [-0.2, -0.15) is 0 Å². The van der Waals surface area contributed by atoms with Crippen LogP contribution in [-0.4, -0.2) is 22.7 Å². The number of hydrogen-bond donors (Lipinski definition) is 1. The number of hydrogen-bond acceptors (Lipinski definition) is 1. The summed E-state index contributed by atoms with van der Waals surface area (Å²) in [5, 5.41) is 9.31. The van der Waals surface area contributed by atoms with Gasteiger partial charge >= 0.3 is 0 Å². The second-order valence-electron chi connectivity index (χ2n) is 4.50. The van der Waals surface area contributed by atoms with E-state index in [2.05, 4.69) is 26.0 Å². The molecule has 0 fully saturated rings. The third kappa shape index (κ3) is 2.17. The lowest BCUT2D eigenvalue weighted by Crippen LogP contribution is -3.00. The van der Waals surface area contributed by atoms with Crippen LogP contribution in [0.3, 0.4) is 0 Å². The molecule has 1 N–H and O–H groups in total. The first kappa shape index (κ1) is 13.7. The molecular formula is C13H20BrNO. The van der Waals surface area contributed by atoms with Crippen LogP contribution in [0, 0.1) is 0 Å². The minimum atomic E-state index is 0. The molecule has 1 aliphatic heterocycles. The molecule has 0 aliphatic carbocycles. The summed E-state index contributed by atoms with van der Waals surface area (Å²) in [6, 6.07) is 6.32. The van der Waals surface area contributed by atoms with Crippen LogP contribution in [0.1, 0.15) is 30.5 Å². The Labute approximate surface area is 108 Å². The Morgan fingerprint density at radius 1 is 1.19 bits per heavy atom. The number of fused-ring (bicyclic) bond motifs is 1. The minimum Gasteiger partial charge on any atom is -1.00 e. The number of benzene rings is 1. The fraction of sp³-hybridized carbons (Fsp3) is 0.538. The van der Waals surface area contributed by atoms with Crippen LogP contribution in [0.2, 0.25) is 0 Å². The van der Waals surface area contributed by atoms with Crippen LogP contribution in [0.5, 0.6) is 0 Å². The summed E-state index contributed by atoms with van der Waals surface area (Å²) in [5.41, 5.74) is 3.95. The van der Waals surface area contributed by atoms with Crippen LogP contribution in [-0.2, 0) is 19.7 Å². The Bertz CT molecular complexity index is 361. The average Bonchev–Trinajstić information content (AvgIpc) is 2.68. The molecule has 0 unspecified atom stereocenters. The van der Waals surface area contributed by atoms with E-state index in [0.717, 1.165) is 23.1 Å². The van der Waals surface area contributed by atoms with Gasteiger partial charge in [0.1, 0.15) is 13.1 Å². The monoisotopic (exact) mass is 285 g/mol. The van der Waals surface area contributed by atoms with Gasteiger partial charge in [-0.3, -0.25) is 0 Å². The SMILES string of the molecule is CC[N+]1(CC)Cc2cccc(CO)c2C1.[Br-]. The number of aliphatic hydroxyl groups excluding tert-OH is 1. The Balaban J connectivity index is 0.00000128. The molecule has 0 saturated heterocycles. The van der Waals surface area contributed by atoms with Crippen LogP contribution >= 0.6 is 0 Å². The minimum absolute atomic E-state index is 0. The highest BCUT2D eigenvalue weighted by atomic mass is 79.9. The van der Waals surface area contributed by atoms with Crippen molar-refractivity contribution in [3.8, 4) is 0 Å². The van der Waals surface area contributed by atoms with Gasteiger partial charge in [0.2, 0.25) is 0 Å². The first-order valence-corrected chi connectivity index (χ1v) is 5.80. The van der Waals surface area contributed by atoms with E-state index in [1.165, 1.54) is 24.2 Å². The highest BCUT2D eigenvalue weighted by Gasteiger charge is 2.33. The Hall–Kier alpha value is -0.380. The van der Waals surface area contributed by atoms with Crippen molar-refractivity contribution in [2.45, 2.75) is 33.5 Å². The zero-order valence-corrected chi connectivity index (χ0v) is 11.6. The topological polar surface area (TPSA) is 20.2 Å². The second-order valence-corrected chi connectivity index (χ2v) is 4.50. The average molecular weight is 286 g/mol. The molecule has 0 bridgehead atoms. The zero-order chi connectivity index (χ0) is 10.9. The molecule has 0 saturated carbocycles. The van der Waals surface area contributed by atoms with Crippen LogP contribution in [0.15, 0.2) is 18.2 Å². The Morgan fingerprint density at radius 2 is 1.88 bits per heavy atom. The second kappa shape index (κ2) is 5.30. The van der Waals surface area contributed by atoms with Gasteiger partial charge in [0, 0.05) is 11.1 Å². The predicted molar refractivity (Wildman–Crippen MR) is 61.1 cm³/mol. The van der Waals surface area contributed by atoms with Gasteiger partial charge in [-0.25, -0.2) is 0 Å². The fourth-order valence-corrected chi connectivity index (χ4v) is 2.61. The molecule has 2 rings (SSSR count). The lowest BCUT2D eigenvalue weighted by Gasteiger charge is -2.31. The molecule has 16 heavy (non-hydrogen) atoms. The largest absolute Gasteiger partial charge is 1.00 e. The normalized spacial score (nSPS) is 16.7. The number of halogens is 1. The molecule has 0 spiro atoms. The molecule has 0 atom stereocenters. The molecule has 1 aromatic rings. The van der Waals surface area contributed by atoms with Crippen molar-refractivity contribution < 1.29 is 26.6 Å². The Morgan fingerprint density at radius 3 is 2.44 bits per heavy atom. The number of rotatable bonds is 3. The zero-order valence-electron chi connectivity index (χ0n) is 10.0. The summed E-state index contributed by atoms with van der Waals surface area (Å²) in [4.78, 5) is 0. The lowest BCUT2D eigenvalue weighted by atomic mass is 10.0. The van der Waals surface area contributed by atoms with Crippen molar-refractivity contribution in [2.24, 2.45) is 0 Å². The summed E-state index contributed by atoms with van der Waals surface area (Å²) in [6.07, 6.45) is 0. The summed E-state index contributed by atoms with van der Waals surface area (Å²) < 4.78 is 1.15. The van der Waals surface area contributed by atoms with E-state index in [-0.39, 0.29) is 23.6 Å². The summed E-state index contributed by atoms with van der Waals surface area (Å²) in [5.74, 6) is 0. The van der Waals surface area contributed by atoms with E-state index in [4.69, 9.17) is 0 Å². The number of nitrogens with zero attached hydrogens (tertiary/aromatic N) is 1. The molecule has 90 valence electrons. The van der Waals surface area contributed by atoms with Gasteiger partial charge in [-0.15, -0.1) is 0 Å². The molecule has 0 aromatic heterocycles. The summed E-state index contributed by atoms with van der Waals surface area (Å²) >= 11 is 0. The summed E-state index contributed by atoms with van der Waals surface area (Å²) in [6.45, 7) is 9.28. The predicted octanol–water partition coefficient (Wildman–Crippen LogP) is -0.947. The highest BCUT2D eigenvalue weighted by Crippen LogP contribution is 2.31. The van der Waals surface area contributed by atoms with Gasteiger partial charge in [0.15, 0.2) is 0 Å². The first-order valence-electron chi connectivity index (χ1n) is 5.80. The van der Waals surface area contributed by atoms with Gasteiger partial charge in [-0.05, 0) is 19.4 Å². The molecule has 3 heteroatoms. The van der Waals surface area contributed by atoms with Crippen molar-refractivity contribution in [2.75, 3.05) is 13.1 Å². The van der Waals surface area contributed by atoms with Crippen molar-refractivity contribution >= 4 is 0 Å². The third-order valence-corrected chi connectivity index (χ3v) is 3.88. The van der Waals surface area contributed by atoms with E-state index >= 15 is 0 Å². The van der Waals surface area contributed by atoms with Gasteiger partial charge in [-0.1, -0.05) is 18.2 Å². The maximum Gasteiger partial charge on any atom is 0.105 e. The van der Waals surface area contributed by atoms with Gasteiger partial charge in [0.05, 0.1) is 19.7 Å². The van der Waals surface area contributed by atoms with Crippen molar-refractivity contribution in [1.82, 2.24) is 0 Å². The Kier molecular flexibility index (Phi) is 4.53. The number of aliphatic hydroxyl groups is 1. The van der Waals surface area contributed by atoms with Crippen LogP contribution in [0.4, 0.5) is 0 Å². The molecule has 2 nitrogen and oxygen atoms in total. The lowest BCUT2D eigenvalue weighted by molar-refractivity contribution is -0.944. The van der Waals surface area contributed by atoms with Crippen LogP contribution < -0.4 is 17.0 Å². The third-order valence-electron chi connectivity index (χ3n) is 3.88.